The topological polar surface area (TPSA) is 97.1 Å². The first-order chi connectivity index (χ1) is 10.0. The number of nitrogens with zero attached hydrogens (tertiary/aromatic N) is 1. The Morgan fingerprint density at radius 2 is 2.14 bits per heavy atom. The van der Waals surface area contributed by atoms with Crippen molar-refractivity contribution in [3.05, 3.63) is 47.2 Å². The molecule has 6 nitrogen and oxygen atoms in total. The molecule has 0 aliphatic carbocycles. The summed E-state index contributed by atoms with van der Waals surface area (Å²) in [4.78, 5) is 26.7. The Morgan fingerprint density at radius 3 is 2.86 bits per heavy atom. The van der Waals surface area contributed by atoms with E-state index in [1.165, 1.54) is 0 Å². The highest BCUT2D eigenvalue weighted by molar-refractivity contribution is 5.98. The summed E-state index contributed by atoms with van der Waals surface area (Å²) in [6, 6.07) is 7.20. The van der Waals surface area contributed by atoms with Crippen molar-refractivity contribution in [1.82, 2.24) is 4.98 Å². The second kappa shape index (κ2) is 4.90. The lowest BCUT2D eigenvalue weighted by Gasteiger charge is -2.09. The lowest BCUT2D eigenvalue weighted by Crippen LogP contribution is -2.12. The highest BCUT2D eigenvalue weighted by atomic mass is 16.2. The number of hydrogen-bond donors (Lipinski definition) is 3. The van der Waals surface area contributed by atoms with Gasteiger partial charge in [0.1, 0.15) is 5.82 Å². The first-order valence-electron chi connectivity index (χ1n) is 6.49. The molecule has 2 heterocycles. The van der Waals surface area contributed by atoms with E-state index in [1.54, 1.807) is 18.3 Å². The third-order valence-electron chi connectivity index (χ3n) is 3.36. The molecule has 1 aromatic carbocycles. The molecule has 0 fully saturated rings. The van der Waals surface area contributed by atoms with Crippen LogP contribution in [0.25, 0.3) is 0 Å². The molecule has 0 spiro atoms. The first-order valence-corrected chi connectivity index (χ1v) is 6.49. The molecule has 6 heteroatoms. The summed E-state index contributed by atoms with van der Waals surface area (Å²) < 4.78 is 0. The molecule has 1 aromatic heterocycles. The standard InChI is InChI=1S/C15H14N4O2/c1-8-4-10(2-3-12(8)14(16)21)18-11-5-9-6-13(20)19-15(9)17-7-11/h2-5,7,18H,6H2,1H3,(H2,16,21)(H,17,19,20). The van der Waals surface area contributed by atoms with E-state index in [2.05, 4.69) is 15.6 Å². The van der Waals surface area contributed by atoms with Gasteiger partial charge in [0.2, 0.25) is 11.8 Å². The summed E-state index contributed by atoms with van der Waals surface area (Å²) in [5, 5.41) is 5.89. The fourth-order valence-electron chi connectivity index (χ4n) is 2.36. The predicted molar refractivity (Wildman–Crippen MR) is 79.6 cm³/mol. The van der Waals surface area contributed by atoms with Gasteiger partial charge in [-0.3, -0.25) is 9.59 Å². The number of pyridine rings is 1. The molecular weight excluding hydrogens is 268 g/mol. The number of nitrogens with one attached hydrogen (secondary N) is 2. The smallest absolute Gasteiger partial charge is 0.248 e. The molecule has 2 amide bonds. The average molecular weight is 282 g/mol. The zero-order valence-electron chi connectivity index (χ0n) is 11.4. The average Bonchev–Trinajstić information content (AvgIpc) is 2.77. The normalized spacial score (nSPS) is 12.7. The van der Waals surface area contributed by atoms with Crippen LogP contribution < -0.4 is 16.4 Å². The van der Waals surface area contributed by atoms with E-state index in [1.807, 2.05) is 19.1 Å². The lowest BCUT2D eigenvalue weighted by molar-refractivity contribution is -0.115. The number of hydrogen-bond acceptors (Lipinski definition) is 4. The van der Waals surface area contributed by atoms with Gasteiger partial charge in [-0.25, -0.2) is 4.98 Å². The number of primary amides is 1. The second-order valence-electron chi connectivity index (χ2n) is 4.98. The molecule has 2 aromatic rings. The monoisotopic (exact) mass is 282 g/mol. The number of aromatic nitrogens is 1. The number of benzene rings is 1. The molecule has 0 radical (unpaired) electrons. The van der Waals surface area contributed by atoms with Gasteiger partial charge in [0.15, 0.2) is 0 Å². The number of fused-ring (bicyclic) bond motifs is 1. The highest BCUT2D eigenvalue weighted by Crippen LogP contribution is 2.25. The van der Waals surface area contributed by atoms with Gasteiger partial charge in [-0.1, -0.05) is 0 Å². The van der Waals surface area contributed by atoms with Crippen molar-refractivity contribution >= 4 is 29.0 Å². The van der Waals surface area contributed by atoms with Crippen LogP contribution >= 0.6 is 0 Å². The molecule has 0 saturated carbocycles. The molecule has 0 unspecified atom stereocenters. The van der Waals surface area contributed by atoms with Crippen LogP contribution in [-0.4, -0.2) is 16.8 Å². The number of amides is 2. The molecule has 21 heavy (non-hydrogen) atoms. The molecule has 106 valence electrons. The van der Waals surface area contributed by atoms with Crippen LogP contribution in [0.15, 0.2) is 30.5 Å². The molecular formula is C15H14N4O2. The molecule has 0 saturated heterocycles. The number of aryl methyl sites for hydroxylation is 1. The van der Waals surface area contributed by atoms with E-state index in [4.69, 9.17) is 5.73 Å². The molecule has 1 aliphatic heterocycles. The third kappa shape index (κ3) is 2.55. The van der Waals surface area contributed by atoms with E-state index < -0.39 is 5.91 Å². The zero-order chi connectivity index (χ0) is 15.0. The minimum Gasteiger partial charge on any atom is -0.366 e. The fourth-order valence-corrected chi connectivity index (χ4v) is 2.36. The van der Waals surface area contributed by atoms with E-state index in [0.29, 0.717) is 17.8 Å². The van der Waals surface area contributed by atoms with Crippen LogP contribution in [0.3, 0.4) is 0 Å². The Balaban J connectivity index is 1.84. The number of carbonyl (C=O) groups is 2. The van der Waals surface area contributed by atoms with Gasteiger partial charge in [0, 0.05) is 16.8 Å². The minimum absolute atomic E-state index is 0.0451. The maximum Gasteiger partial charge on any atom is 0.248 e. The third-order valence-corrected chi connectivity index (χ3v) is 3.36. The van der Waals surface area contributed by atoms with Crippen LogP contribution in [0.5, 0.6) is 0 Å². The summed E-state index contributed by atoms with van der Waals surface area (Å²) >= 11 is 0. The van der Waals surface area contributed by atoms with E-state index >= 15 is 0 Å². The van der Waals surface area contributed by atoms with Crippen LogP contribution in [-0.2, 0) is 11.2 Å². The molecule has 3 rings (SSSR count). The Kier molecular flexibility index (Phi) is 3.06. The van der Waals surface area contributed by atoms with E-state index in [-0.39, 0.29) is 5.91 Å². The highest BCUT2D eigenvalue weighted by Gasteiger charge is 2.19. The van der Waals surface area contributed by atoms with Crippen molar-refractivity contribution in [1.29, 1.82) is 0 Å². The summed E-state index contributed by atoms with van der Waals surface area (Å²) in [5.41, 5.74) is 9.08. The molecule has 1 aliphatic rings. The number of rotatable bonds is 3. The van der Waals surface area contributed by atoms with Gasteiger partial charge in [-0.15, -0.1) is 0 Å². The van der Waals surface area contributed by atoms with E-state index in [0.717, 1.165) is 22.5 Å². The summed E-state index contributed by atoms with van der Waals surface area (Å²) in [5.74, 6) is 0.130. The molecule has 4 N–H and O–H groups in total. The predicted octanol–water partition coefficient (Wildman–Crippen LogP) is 1.73. The Labute approximate surface area is 121 Å². The Hall–Kier alpha value is -2.89. The second-order valence-corrected chi connectivity index (χ2v) is 4.98. The molecule has 0 atom stereocenters. The van der Waals surface area contributed by atoms with Gasteiger partial charge in [0.25, 0.3) is 0 Å². The largest absolute Gasteiger partial charge is 0.366 e. The van der Waals surface area contributed by atoms with Crippen molar-refractivity contribution in [2.24, 2.45) is 5.73 Å². The van der Waals surface area contributed by atoms with Crippen LogP contribution in [0.1, 0.15) is 21.5 Å². The van der Waals surface area contributed by atoms with Crippen LogP contribution in [0, 0.1) is 6.92 Å². The summed E-state index contributed by atoms with van der Waals surface area (Å²) in [6.45, 7) is 1.83. The van der Waals surface area contributed by atoms with Gasteiger partial charge in [-0.05, 0) is 36.8 Å². The van der Waals surface area contributed by atoms with Gasteiger partial charge in [0.05, 0.1) is 18.3 Å². The quantitative estimate of drug-likeness (QED) is 0.798. The summed E-state index contributed by atoms with van der Waals surface area (Å²) in [6.07, 6.45) is 2.00. The molecule has 0 bridgehead atoms. The van der Waals surface area contributed by atoms with Crippen molar-refractivity contribution < 1.29 is 9.59 Å². The van der Waals surface area contributed by atoms with Crippen molar-refractivity contribution in [3.8, 4) is 0 Å². The van der Waals surface area contributed by atoms with Gasteiger partial charge >= 0.3 is 0 Å². The SMILES string of the molecule is Cc1cc(Nc2cnc3c(c2)CC(=O)N3)ccc1C(N)=O. The Bertz CT molecular complexity index is 755. The van der Waals surface area contributed by atoms with Crippen LogP contribution in [0.4, 0.5) is 17.2 Å². The fraction of sp³-hybridized carbons (Fsp3) is 0.133. The van der Waals surface area contributed by atoms with Gasteiger partial charge in [-0.2, -0.15) is 0 Å². The number of carbonyl (C=O) groups excluding carboxylic acids is 2. The summed E-state index contributed by atoms with van der Waals surface area (Å²) in [7, 11) is 0. The van der Waals surface area contributed by atoms with Crippen molar-refractivity contribution in [3.63, 3.8) is 0 Å². The van der Waals surface area contributed by atoms with Crippen molar-refractivity contribution in [2.75, 3.05) is 10.6 Å². The van der Waals surface area contributed by atoms with E-state index in [9.17, 15) is 9.59 Å². The van der Waals surface area contributed by atoms with Gasteiger partial charge < -0.3 is 16.4 Å². The Morgan fingerprint density at radius 1 is 1.33 bits per heavy atom. The maximum absolute atomic E-state index is 11.3. The number of anilines is 3. The first kappa shape index (κ1) is 13.1. The maximum atomic E-state index is 11.3. The zero-order valence-corrected chi connectivity index (χ0v) is 11.4. The lowest BCUT2D eigenvalue weighted by atomic mass is 10.1. The minimum atomic E-state index is -0.442. The van der Waals surface area contributed by atoms with Crippen LogP contribution in [0.2, 0.25) is 0 Å². The number of nitrogens with two attached hydrogens (primary N) is 1. The van der Waals surface area contributed by atoms with Crippen molar-refractivity contribution in [2.45, 2.75) is 13.3 Å².